The number of furan rings is 1. The number of carbonyl (C=O) groups excluding carboxylic acids is 1. The minimum absolute atomic E-state index is 0.158. The Bertz CT molecular complexity index is 650. The highest BCUT2D eigenvalue weighted by molar-refractivity contribution is 7.88. The van der Waals surface area contributed by atoms with Crippen LogP contribution in [0.5, 0.6) is 0 Å². The number of sulfonamides is 1. The molecule has 0 aliphatic carbocycles. The summed E-state index contributed by atoms with van der Waals surface area (Å²) in [7, 11) is -1.68. The van der Waals surface area contributed by atoms with Gasteiger partial charge in [-0.2, -0.15) is 0 Å². The fraction of sp³-hybridized carbons (Fsp3) is 0.667. The molecule has 0 spiro atoms. The zero-order chi connectivity index (χ0) is 16.5. The summed E-state index contributed by atoms with van der Waals surface area (Å²) >= 11 is 0. The van der Waals surface area contributed by atoms with Crippen molar-refractivity contribution < 1.29 is 17.6 Å². The van der Waals surface area contributed by atoms with Crippen LogP contribution in [0, 0.1) is 6.92 Å². The minimum Gasteiger partial charge on any atom is -0.456 e. The molecule has 1 atom stereocenters. The summed E-state index contributed by atoms with van der Waals surface area (Å²) in [5, 5.41) is 0. The molecule has 1 aliphatic rings. The second-order valence-electron chi connectivity index (χ2n) is 5.90. The van der Waals surface area contributed by atoms with E-state index < -0.39 is 10.0 Å². The van der Waals surface area contributed by atoms with Crippen molar-refractivity contribution in [2.45, 2.75) is 39.2 Å². The maximum Gasteiger partial charge on any atom is 0.289 e. The van der Waals surface area contributed by atoms with Crippen molar-refractivity contribution in [1.82, 2.24) is 9.21 Å². The average molecular weight is 328 g/mol. The van der Waals surface area contributed by atoms with Gasteiger partial charge in [0, 0.05) is 32.6 Å². The molecule has 1 aromatic rings. The van der Waals surface area contributed by atoms with Crippen molar-refractivity contribution >= 4 is 15.9 Å². The quantitative estimate of drug-likeness (QED) is 0.842. The number of hydrogen-bond donors (Lipinski definition) is 0. The lowest BCUT2D eigenvalue weighted by Crippen LogP contribution is -2.49. The largest absolute Gasteiger partial charge is 0.456 e. The van der Waals surface area contributed by atoms with Crippen molar-refractivity contribution in [1.29, 1.82) is 0 Å². The minimum atomic E-state index is -3.25. The average Bonchev–Trinajstić information content (AvgIpc) is 2.86. The second kappa shape index (κ2) is 6.42. The van der Waals surface area contributed by atoms with Crippen molar-refractivity contribution in [2.24, 2.45) is 0 Å². The topological polar surface area (TPSA) is 70.8 Å². The SMILES string of the molecule is CCc1oc(C(=O)N2CCC[C@@H](N(C)S(C)(=O)=O)C2)cc1C. The van der Waals surface area contributed by atoms with E-state index in [0.29, 0.717) is 18.8 Å². The van der Waals surface area contributed by atoms with Crippen LogP contribution in [0.25, 0.3) is 0 Å². The van der Waals surface area contributed by atoms with E-state index in [-0.39, 0.29) is 11.9 Å². The van der Waals surface area contributed by atoms with E-state index in [2.05, 4.69) is 0 Å². The lowest BCUT2D eigenvalue weighted by molar-refractivity contribution is 0.0632. The lowest BCUT2D eigenvalue weighted by atomic mass is 10.1. The molecule has 1 amide bonds. The van der Waals surface area contributed by atoms with Crippen molar-refractivity contribution in [3.63, 3.8) is 0 Å². The number of amides is 1. The number of likely N-dealkylation sites (N-methyl/N-ethyl adjacent to an activating group) is 1. The molecule has 6 nitrogen and oxygen atoms in total. The van der Waals surface area contributed by atoms with Crippen LogP contribution in [0.3, 0.4) is 0 Å². The predicted molar refractivity (Wildman–Crippen MR) is 84.4 cm³/mol. The molecule has 0 N–H and O–H groups in total. The highest BCUT2D eigenvalue weighted by Crippen LogP contribution is 2.21. The number of rotatable bonds is 4. The van der Waals surface area contributed by atoms with Gasteiger partial charge in [-0.05, 0) is 31.4 Å². The third-order valence-electron chi connectivity index (χ3n) is 4.27. The molecular formula is C15H24N2O4S. The van der Waals surface area contributed by atoms with E-state index in [9.17, 15) is 13.2 Å². The summed E-state index contributed by atoms with van der Waals surface area (Å²) in [5.74, 6) is 1.01. The maximum atomic E-state index is 12.6. The Balaban J connectivity index is 2.13. The number of aryl methyl sites for hydroxylation is 2. The van der Waals surface area contributed by atoms with Gasteiger partial charge < -0.3 is 9.32 Å². The summed E-state index contributed by atoms with van der Waals surface area (Å²) in [4.78, 5) is 14.3. The molecule has 7 heteroatoms. The van der Waals surface area contributed by atoms with Gasteiger partial charge >= 0.3 is 0 Å². The zero-order valence-corrected chi connectivity index (χ0v) is 14.4. The number of hydrogen-bond acceptors (Lipinski definition) is 4. The Morgan fingerprint density at radius 2 is 2.18 bits per heavy atom. The third kappa shape index (κ3) is 3.52. The Kier molecular flexibility index (Phi) is 4.97. The van der Waals surface area contributed by atoms with Crippen LogP contribution in [-0.4, -0.2) is 56.0 Å². The standard InChI is InChI=1S/C15H24N2O4S/c1-5-13-11(2)9-14(21-13)15(18)17-8-6-7-12(10-17)16(3)22(4,19)20/h9,12H,5-8,10H2,1-4H3/t12-/m1/s1. The normalized spacial score (nSPS) is 19.7. The smallest absolute Gasteiger partial charge is 0.289 e. The van der Waals surface area contributed by atoms with Gasteiger partial charge in [0.2, 0.25) is 10.0 Å². The third-order valence-corrected chi connectivity index (χ3v) is 5.62. The van der Waals surface area contributed by atoms with E-state index in [1.807, 2.05) is 13.8 Å². The van der Waals surface area contributed by atoms with Gasteiger partial charge in [-0.1, -0.05) is 6.92 Å². The fourth-order valence-electron chi connectivity index (χ4n) is 2.84. The predicted octanol–water partition coefficient (Wildman–Crippen LogP) is 1.65. The molecule has 0 saturated carbocycles. The van der Waals surface area contributed by atoms with Crippen LogP contribution in [0.1, 0.15) is 41.6 Å². The Hall–Kier alpha value is -1.34. The highest BCUT2D eigenvalue weighted by Gasteiger charge is 2.31. The molecular weight excluding hydrogens is 304 g/mol. The van der Waals surface area contributed by atoms with Crippen LogP contribution >= 0.6 is 0 Å². The summed E-state index contributed by atoms with van der Waals surface area (Å²) < 4.78 is 30.3. The van der Waals surface area contributed by atoms with E-state index in [0.717, 1.165) is 30.6 Å². The first-order valence-electron chi connectivity index (χ1n) is 7.55. The number of piperidine rings is 1. The molecule has 2 heterocycles. The number of likely N-dealkylation sites (tertiary alicyclic amines) is 1. The van der Waals surface area contributed by atoms with Crippen LogP contribution in [0.4, 0.5) is 0 Å². The molecule has 124 valence electrons. The molecule has 0 bridgehead atoms. The molecule has 0 aromatic carbocycles. The van der Waals surface area contributed by atoms with Gasteiger partial charge in [-0.25, -0.2) is 12.7 Å². The molecule has 1 aliphatic heterocycles. The van der Waals surface area contributed by atoms with Gasteiger partial charge in [-0.15, -0.1) is 0 Å². The van der Waals surface area contributed by atoms with Gasteiger partial charge in [0.1, 0.15) is 5.76 Å². The summed E-state index contributed by atoms with van der Waals surface area (Å²) in [6.07, 6.45) is 3.50. The molecule has 1 aromatic heterocycles. The van der Waals surface area contributed by atoms with E-state index >= 15 is 0 Å². The lowest BCUT2D eigenvalue weighted by Gasteiger charge is -2.36. The first kappa shape index (κ1) is 17.0. The number of carbonyl (C=O) groups is 1. The van der Waals surface area contributed by atoms with E-state index in [1.54, 1.807) is 18.0 Å². The molecule has 0 unspecified atom stereocenters. The Morgan fingerprint density at radius 3 is 2.73 bits per heavy atom. The monoisotopic (exact) mass is 328 g/mol. The Morgan fingerprint density at radius 1 is 1.50 bits per heavy atom. The van der Waals surface area contributed by atoms with Crippen LogP contribution in [0.2, 0.25) is 0 Å². The highest BCUT2D eigenvalue weighted by atomic mass is 32.2. The summed E-state index contributed by atoms with van der Waals surface area (Å²) in [6, 6.07) is 1.60. The van der Waals surface area contributed by atoms with E-state index in [4.69, 9.17) is 4.42 Å². The molecule has 1 saturated heterocycles. The summed E-state index contributed by atoms with van der Waals surface area (Å²) in [5.41, 5.74) is 0.979. The zero-order valence-electron chi connectivity index (χ0n) is 13.6. The summed E-state index contributed by atoms with van der Waals surface area (Å²) in [6.45, 7) is 4.95. The van der Waals surface area contributed by atoms with Crippen molar-refractivity contribution in [2.75, 3.05) is 26.4 Å². The maximum absolute atomic E-state index is 12.6. The van der Waals surface area contributed by atoms with Gasteiger partial charge in [0.15, 0.2) is 5.76 Å². The van der Waals surface area contributed by atoms with Gasteiger partial charge in [0.05, 0.1) is 6.26 Å². The van der Waals surface area contributed by atoms with Crippen molar-refractivity contribution in [3.8, 4) is 0 Å². The fourth-order valence-corrected chi connectivity index (χ4v) is 3.55. The van der Waals surface area contributed by atoms with E-state index in [1.165, 1.54) is 10.6 Å². The van der Waals surface area contributed by atoms with Crippen molar-refractivity contribution in [3.05, 3.63) is 23.2 Å². The molecule has 0 radical (unpaired) electrons. The van der Waals surface area contributed by atoms with Gasteiger partial charge in [-0.3, -0.25) is 4.79 Å². The molecule has 2 rings (SSSR count). The van der Waals surface area contributed by atoms with Crippen LogP contribution in [-0.2, 0) is 16.4 Å². The molecule has 1 fully saturated rings. The first-order valence-corrected chi connectivity index (χ1v) is 9.40. The first-order chi connectivity index (χ1) is 10.2. The van der Waals surface area contributed by atoms with Crippen LogP contribution in [0.15, 0.2) is 10.5 Å². The van der Waals surface area contributed by atoms with Gasteiger partial charge in [0.25, 0.3) is 5.91 Å². The van der Waals surface area contributed by atoms with Crippen LogP contribution < -0.4 is 0 Å². The Labute approximate surface area is 132 Å². The molecule has 22 heavy (non-hydrogen) atoms. The second-order valence-corrected chi connectivity index (χ2v) is 7.94. The number of nitrogens with zero attached hydrogens (tertiary/aromatic N) is 2.